The van der Waals surface area contributed by atoms with Crippen molar-refractivity contribution in [3.8, 4) is 5.75 Å². The third kappa shape index (κ3) is 6.20. The Balaban J connectivity index is 1.40. The number of H-pyrrole nitrogens is 1. The molecule has 222 valence electrons. The van der Waals surface area contributed by atoms with E-state index in [1.807, 2.05) is 17.0 Å². The standard InChI is InChI=1S/C30H33ClFN5O5/c1-41-21-9-10-22(25(32)16-21)23-17-36(27-11-12-28(38)34-33-27)18-24(23)29(39)35-13-3-4-26(19-5-7-20(31)8-6-19)37(15-14-35)30(40)42-2/h5-12,16,23-24,26H,3-4,13-15,17-18H2,1-2H3,(H,34,38)/t23-,24+,26-/m0/s1. The fourth-order valence-electron chi connectivity index (χ4n) is 5.95. The van der Waals surface area contributed by atoms with Crippen molar-refractivity contribution in [1.82, 2.24) is 20.0 Å². The third-order valence-electron chi connectivity index (χ3n) is 8.10. The molecule has 3 aromatic rings. The summed E-state index contributed by atoms with van der Waals surface area (Å²) < 4.78 is 25.6. The summed E-state index contributed by atoms with van der Waals surface area (Å²) in [5.41, 5.74) is 1.02. The van der Waals surface area contributed by atoms with E-state index in [4.69, 9.17) is 21.1 Å². The molecule has 2 saturated heterocycles. The molecule has 12 heteroatoms. The van der Waals surface area contributed by atoms with Crippen LogP contribution in [0.3, 0.4) is 0 Å². The highest BCUT2D eigenvalue weighted by Crippen LogP contribution is 2.38. The highest BCUT2D eigenvalue weighted by molar-refractivity contribution is 6.30. The average Bonchev–Trinajstić information content (AvgIpc) is 3.42. The summed E-state index contributed by atoms with van der Waals surface area (Å²) in [7, 11) is 2.81. The maximum absolute atomic E-state index is 15.3. The summed E-state index contributed by atoms with van der Waals surface area (Å²) >= 11 is 6.09. The van der Waals surface area contributed by atoms with Crippen molar-refractivity contribution in [2.24, 2.45) is 5.92 Å². The third-order valence-corrected chi connectivity index (χ3v) is 8.35. The summed E-state index contributed by atoms with van der Waals surface area (Å²) in [5.74, 6) is -0.751. The molecule has 0 saturated carbocycles. The predicted octanol–water partition coefficient (Wildman–Crippen LogP) is 4.22. The van der Waals surface area contributed by atoms with E-state index in [0.29, 0.717) is 61.2 Å². The predicted molar refractivity (Wildman–Crippen MR) is 155 cm³/mol. The van der Waals surface area contributed by atoms with Gasteiger partial charge >= 0.3 is 6.09 Å². The number of methoxy groups -OCH3 is 2. The van der Waals surface area contributed by atoms with E-state index in [0.717, 1.165) is 5.56 Å². The van der Waals surface area contributed by atoms with Crippen LogP contribution in [0.15, 0.2) is 59.4 Å². The van der Waals surface area contributed by atoms with Gasteiger partial charge in [-0.1, -0.05) is 29.8 Å². The summed E-state index contributed by atoms with van der Waals surface area (Å²) in [5, 5.41) is 7.18. The number of anilines is 1. The fraction of sp³-hybridized carbons (Fsp3) is 0.400. The monoisotopic (exact) mass is 597 g/mol. The highest BCUT2D eigenvalue weighted by Gasteiger charge is 2.42. The zero-order valence-electron chi connectivity index (χ0n) is 23.5. The number of hydrogen-bond donors (Lipinski definition) is 1. The van der Waals surface area contributed by atoms with Gasteiger partial charge in [0.05, 0.1) is 26.2 Å². The van der Waals surface area contributed by atoms with Gasteiger partial charge in [-0.15, -0.1) is 0 Å². The Bertz CT molecular complexity index is 1470. The Morgan fingerprint density at radius 2 is 1.81 bits per heavy atom. The summed E-state index contributed by atoms with van der Waals surface area (Å²) in [6, 6.07) is 14.8. The van der Waals surface area contributed by atoms with Crippen molar-refractivity contribution in [1.29, 1.82) is 0 Å². The Kier molecular flexibility index (Phi) is 8.96. The van der Waals surface area contributed by atoms with Crippen molar-refractivity contribution >= 4 is 29.4 Å². The van der Waals surface area contributed by atoms with Crippen LogP contribution in [0.5, 0.6) is 5.75 Å². The van der Waals surface area contributed by atoms with Crippen molar-refractivity contribution in [2.75, 3.05) is 51.8 Å². The van der Waals surface area contributed by atoms with E-state index >= 15 is 4.39 Å². The van der Waals surface area contributed by atoms with E-state index in [1.54, 1.807) is 40.1 Å². The Labute approximate surface area is 248 Å². The van der Waals surface area contributed by atoms with Gasteiger partial charge in [-0.05, 0) is 48.2 Å². The lowest BCUT2D eigenvalue weighted by molar-refractivity contribution is -0.136. The summed E-state index contributed by atoms with van der Waals surface area (Å²) in [4.78, 5) is 43.9. The van der Waals surface area contributed by atoms with E-state index in [1.165, 1.54) is 26.4 Å². The van der Waals surface area contributed by atoms with Gasteiger partial charge in [0.1, 0.15) is 17.4 Å². The molecule has 42 heavy (non-hydrogen) atoms. The van der Waals surface area contributed by atoms with Crippen LogP contribution in [0, 0.1) is 11.7 Å². The number of hydrogen-bond acceptors (Lipinski definition) is 7. The normalized spacial score (nSPS) is 21.0. The minimum Gasteiger partial charge on any atom is -0.497 e. The maximum atomic E-state index is 15.3. The van der Waals surface area contributed by atoms with Crippen LogP contribution in [0.25, 0.3) is 0 Å². The molecular formula is C30H33ClFN5O5. The lowest BCUT2D eigenvalue weighted by atomic mass is 9.87. The molecule has 0 aliphatic carbocycles. The second-order valence-electron chi connectivity index (χ2n) is 10.5. The van der Waals surface area contributed by atoms with Crippen LogP contribution < -0.4 is 15.2 Å². The Morgan fingerprint density at radius 3 is 2.48 bits per heavy atom. The second-order valence-corrected chi connectivity index (χ2v) is 10.9. The highest BCUT2D eigenvalue weighted by atomic mass is 35.5. The van der Waals surface area contributed by atoms with Crippen LogP contribution in [0.2, 0.25) is 5.02 Å². The number of halogens is 2. The lowest BCUT2D eigenvalue weighted by Crippen LogP contribution is -2.47. The zero-order chi connectivity index (χ0) is 29.8. The average molecular weight is 598 g/mol. The van der Waals surface area contributed by atoms with E-state index in [2.05, 4.69) is 10.2 Å². The number of aromatic amines is 1. The number of aromatic nitrogens is 2. The summed E-state index contributed by atoms with van der Waals surface area (Å²) in [6.07, 6.45) is 0.792. The van der Waals surface area contributed by atoms with Crippen molar-refractivity contribution in [3.05, 3.63) is 86.9 Å². The van der Waals surface area contributed by atoms with E-state index in [-0.39, 0.29) is 24.1 Å². The van der Waals surface area contributed by atoms with E-state index < -0.39 is 23.7 Å². The molecule has 3 heterocycles. The number of carbonyl (C=O) groups excluding carboxylic acids is 2. The molecule has 2 aliphatic rings. The molecule has 0 bridgehead atoms. The van der Waals surface area contributed by atoms with Gasteiger partial charge in [0, 0.05) is 55.8 Å². The molecule has 0 radical (unpaired) electrons. The van der Waals surface area contributed by atoms with Crippen molar-refractivity contribution in [2.45, 2.75) is 24.8 Å². The van der Waals surface area contributed by atoms with Gasteiger partial charge in [-0.2, -0.15) is 5.10 Å². The van der Waals surface area contributed by atoms with Gasteiger partial charge in [-0.25, -0.2) is 14.3 Å². The molecule has 10 nitrogen and oxygen atoms in total. The molecule has 2 fully saturated rings. The minimum atomic E-state index is -0.584. The smallest absolute Gasteiger partial charge is 0.410 e. The first kappa shape index (κ1) is 29.4. The molecule has 0 unspecified atom stereocenters. The molecule has 0 spiro atoms. The maximum Gasteiger partial charge on any atom is 0.410 e. The number of ether oxygens (including phenoxy) is 2. The number of amides is 2. The van der Waals surface area contributed by atoms with Gasteiger partial charge < -0.3 is 19.3 Å². The van der Waals surface area contributed by atoms with E-state index in [9.17, 15) is 14.4 Å². The minimum absolute atomic E-state index is 0.128. The molecule has 5 rings (SSSR count). The fourth-order valence-corrected chi connectivity index (χ4v) is 6.08. The van der Waals surface area contributed by atoms with Gasteiger partial charge in [0.2, 0.25) is 5.91 Å². The van der Waals surface area contributed by atoms with Crippen LogP contribution in [-0.4, -0.2) is 78.9 Å². The number of nitrogens with one attached hydrogen (secondary N) is 1. The molecule has 2 aliphatic heterocycles. The van der Waals surface area contributed by atoms with Crippen LogP contribution in [0.4, 0.5) is 15.0 Å². The molecule has 2 aromatic carbocycles. The number of nitrogens with zero attached hydrogens (tertiary/aromatic N) is 4. The second kappa shape index (κ2) is 12.8. The zero-order valence-corrected chi connectivity index (χ0v) is 24.2. The van der Waals surface area contributed by atoms with Gasteiger partial charge in [0.25, 0.3) is 5.56 Å². The van der Waals surface area contributed by atoms with Crippen molar-refractivity contribution in [3.63, 3.8) is 0 Å². The molecular weight excluding hydrogens is 565 g/mol. The van der Waals surface area contributed by atoms with Crippen LogP contribution in [-0.2, 0) is 9.53 Å². The first-order valence-electron chi connectivity index (χ1n) is 13.8. The first-order valence-corrected chi connectivity index (χ1v) is 14.2. The first-order chi connectivity index (χ1) is 20.3. The van der Waals surface area contributed by atoms with Crippen LogP contribution >= 0.6 is 11.6 Å². The van der Waals surface area contributed by atoms with Gasteiger partial charge in [-0.3, -0.25) is 14.5 Å². The quantitative estimate of drug-likeness (QED) is 0.469. The molecule has 1 N–H and O–H groups in total. The molecule has 1 aromatic heterocycles. The van der Waals surface area contributed by atoms with Crippen molar-refractivity contribution < 1.29 is 23.5 Å². The lowest BCUT2D eigenvalue weighted by Gasteiger charge is -2.37. The number of rotatable bonds is 5. The van der Waals surface area contributed by atoms with Gasteiger partial charge in [0.15, 0.2) is 0 Å². The number of carbonyl (C=O) groups is 2. The topological polar surface area (TPSA) is 108 Å². The summed E-state index contributed by atoms with van der Waals surface area (Å²) in [6.45, 7) is 1.68. The molecule has 2 amide bonds. The molecule has 3 atom stereocenters. The van der Waals surface area contributed by atoms with Crippen LogP contribution in [0.1, 0.15) is 35.9 Å². The Morgan fingerprint density at radius 1 is 1.02 bits per heavy atom. The SMILES string of the molecule is COC(=O)N1CCN(C(=O)[C@@H]2CN(c3ccc(=O)[nH]n3)C[C@H]2c2ccc(OC)cc2F)CCC[C@H]1c1ccc(Cl)cc1. The number of benzene rings is 2. The Hall–Kier alpha value is -4.12. The largest absolute Gasteiger partial charge is 0.497 e.